The number of hydrogen-bond donors (Lipinski definition) is 0. The summed E-state index contributed by atoms with van der Waals surface area (Å²) in [6.45, 7) is 7.00. The highest BCUT2D eigenvalue weighted by atomic mass is 14.3. The summed E-state index contributed by atoms with van der Waals surface area (Å²) in [6.07, 6.45) is 10.1. The van der Waals surface area contributed by atoms with Crippen molar-refractivity contribution in [1.29, 1.82) is 0 Å². The van der Waals surface area contributed by atoms with E-state index in [0.717, 1.165) is 19.3 Å². The number of allylic oxidation sites excluding steroid dienone is 4. The third kappa shape index (κ3) is 2.47. The quantitative estimate of drug-likeness (QED) is 0.546. The lowest BCUT2D eigenvalue weighted by atomic mass is 9.79. The van der Waals surface area contributed by atoms with Gasteiger partial charge >= 0.3 is 0 Å². The van der Waals surface area contributed by atoms with Crippen LogP contribution in [0.2, 0.25) is 0 Å². The molecule has 0 radical (unpaired) electrons. The van der Waals surface area contributed by atoms with Gasteiger partial charge in [0.25, 0.3) is 0 Å². The van der Waals surface area contributed by atoms with Gasteiger partial charge in [-0.15, -0.1) is 0 Å². The third-order valence-electron chi connectivity index (χ3n) is 5.17. The highest BCUT2D eigenvalue weighted by Gasteiger charge is 2.27. The summed E-state index contributed by atoms with van der Waals surface area (Å²) in [6, 6.07) is 13.6. The largest absolute Gasteiger partial charge is 0.0804 e. The molecule has 0 nitrogen and oxygen atoms in total. The van der Waals surface area contributed by atoms with Crippen LogP contribution in [-0.4, -0.2) is 0 Å². The summed E-state index contributed by atoms with van der Waals surface area (Å²) < 4.78 is 0. The molecule has 116 valence electrons. The van der Waals surface area contributed by atoms with E-state index in [4.69, 9.17) is 0 Å². The van der Waals surface area contributed by atoms with Gasteiger partial charge in [0.05, 0.1) is 0 Å². The van der Waals surface area contributed by atoms with Gasteiger partial charge in [-0.3, -0.25) is 0 Å². The van der Waals surface area contributed by atoms with Gasteiger partial charge in [-0.05, 0) is 58.1 Å². The Balaban J connectivity index is 1.87. The third-order valence-corrected chi connectivity index (χ3v) is 5.17. The summed E-state index contributed by atoms with van der Waals surface area (Å²) in [7, 11) is 0. The lowest BCUT2D eigenvalue weighted by molar-refractivity contribution is 0.583. The molecule has 2 aromatic carbocycles. The predicted molar refractivity (Wildman–Crippen MR) is 98.9 cm³/mol. The van der Waals surface area contributed by atoms with Crippen LogP contribution in [0.25, 0.3) is 11.1 Å². The average molecular weight is 300 g/mol. The normalized spacial score (nSPS) is 15.5. The molecule has 2 aliphatic rings. The van der Waals surface area contributed by atoms with Crippen LogP contribution in [0.4, 0.5) is 0 Å². The van der Waals surface area contributed by atoms with Crippen molar-refractivity contribution < 1.29 is 0 Å². The lowest BCUT2D eigenvalue weighted by Gasteiger charge is -2.26. The maximum Gasteiger partial charge on any atom is -0.00105 e. The average Bonchev–Trinajstić information content (AvgIpc) is 3.13. The summed E-state index contributed by atoms with van der Waals surface area (Å²) in [5.41, 5.74) is 10.7. The van der Waals surface area contributed by atoms with Crippen molar-refractivity contribution in [2.75, 3.05) is 0 Å². The standard InChI is InChI=1S/C23H24/c1-23(2,3)22-13-12-19-18-11-7-6-10-17(18)15-20(19)21(22)14-16-8-4-5-9-16/h4-8,10-13H,9,14-15H2,1-3H3. The van der Waals surface area contributed by atoms with Crippen molar-refractivity contribution in [3.63, 3.8) is 0 Å². The van der Waals surface area contributed by atoms with Crippen LogP contribution in [-0.2, 0) is 18.3 Å². The SMILES string of the molecule is CC(C)(C)c1ccc2c(c1CC1=CC=CC1)Cc1ccccc1-2. The number of hydrogen-bond acceptors (Lipinski definition) is 0. The van der Waals surface area contributed by atoms with E-state index in [2.05, 4.69) is 75.4 Å². The van der Waals surface area contributed by atoms with Gasteiger partial charge in [0, 0.05) is 0 Å². The van der Waals surface area contributed by atoms with Gasteiger partial charge in [0.2, 0.25) is 0 Å². The number of benzene rings is 2. The summed E-state index contributed by atoms with van der Waals surface area (Å²) in [5, 5.41) is 0. The van der Waals surface area contributed by atoms with E-state index in [1.165, 1.54) is 22.3 Å². The molecule has 0 saturated carbocycles. The molecule has 0 atom stereocenters. The molecule has 0 fully saturated rings. The molecule has 0 spiro atoms. The Kier molecular flexibility index (Phi) is 3.30. The summed E-state index contributed by atoms with van der Waals surface area (Å²) >= 11 is 0. The first-order valence-electron chi connectivity index (χ1n) is 8.62. The monoisotopic (exact) mass is 300 g/mol. The zero-order valence-electron chi connectivity index (χ0n) is 14.3. The molecule has 0 amide bonds. The smallest absolute Gasteiger partial charge is 0.00105 e. The highest BCUT2D eigenvalue weighted by molar-refractivity contribution is 5.79. The van der Waals surface area contributed by atoms with Crippen molar-refractivity contribution >= 4 is 0 Å². The maximum atomic E-state index is 2.37. The Hall–Kier alpha value is -2.08. The van der Waals surface area contributed by atoms with E-state index in [-0.39, 0.29) is 5.41 Å². The molecular weight excluding hydrogens is 276 g/mol. The van der Waals surface area contributed by atoms with Crippen molar-refractivity contribution in [1.82, 2.24) is 0 Å². The Morgan fingerprint density at radius 3 is 2.52 bits per heavy atom. The van der Waals surface area contributed by atoms with Crippen molar-refractivity contribution in [3.8, 4) is 11.1 Å². The Labute approximate surface area is 139 Å². The number of rotatable bonds is 2. The van der Waals surface area contributed by atoms with Crippen molar-refractivity contribution in [2.24, 2.45) is 0 Å². The van der Waals surface area contributed by atoms with E-state index in [1.807, 2.05) is 0 Å². The van der Waals surface area contributed by atoms with E-state index in [9.17, 15) is 0 Å². The first-order valence-corrected chi connectivity index (χ1v) is 8.62. The van der Waals surface area contributed by atoms with Gasteiger partial charge in [-0.2, -0.15) is 0 Å². The lowest BCUT2D eigenvalue weighted by Crippen LogP contribution is -2.16. The van der Waals surface area contributed by atoms with Crippen LogP contribution in [0.15, 0.2) is 60.2 Å². The minimum atomic E-state index is 0.186. The molecule has 2 aliphatic carbocycles. The Morgan fingerprint density at radius 2 is 1.78 bits per heavy atom. The second-order valence-corrected chi connectivity index (χ2v) is 7.84. The van der Waals surface area contributed by atoms with E-state index in [1.54, 1.807) is 16.7 Å². The molecule has 0 N–H and O–H groups in total. The van der Waals surface area contributed by atoms with Gasteiger partial charge in [-0.25, -0.2) is 0 Å². The van der Waals surface area contributed by atoms with Gasteiger partial charge in [0.15, 0.2) is 0 Å². The molecular formula is C23H24. The molecule has 0 aromatic heterocycles. The first kappa shape index (κ1) is 14.5. The van der Waals surface area contributed by atoms with E-state index >= 15 is 0 Å². The molecule has 0 bridgehead atoms. The minimum absolute atomic E-state index is 0.186. The second kappa shape index (κ2) is 5.23. The van der Waals surface area contributed by atoms with E-state index < -0.39 is 0 Å². The number of fused-ring (bicyclic) bond motifs is 3. The molecule has 23 heavy (non-hydrogen) atoms. The van der Waals surface area contributed by atoms with Crippen molar-refractivity contribution in [3.05, 3.63) is 82.5 Å². The fraction of sp³-hybridized carbons (Fsp3) is 0.304. The minimum Gasteiger partial charge on any atom is -0.0804 e. The molecule has 0 heteroatoms. The van der Waals surface area contributed by atoms with Crippen LogP contribution >= 0.6 is 0 Å². The van der Waals surface area contributed by atoms with Gasteiger partial charge in [-0.1, -0.05) is 81.0 Å². The highest BCUT2D eigenvalue weighted by Crippen LogP contribution is 2.42. The van der Waals surface area contributed by atoms with Gasteiger partial charge in [0.1, 0.15) is 0 Å². The predicted octanol–water partition coefficient (Wildman–Crippen LogP) is 5.98. The molecule has 0 saturated heterocycles. The van der Waals surface area contributed by atoms with Crippen LogP contribution in [0.3, 0.4) is 0 Å². The van der Waals surface area contributed by atoms with Gasteiger partial charge < -0.3 is 0 Å². The van der Waals surface area contributed by atoms with Crippen LogP contribution in [0, 0.1) is 0 Å². The van der Waals surface area contributed by atoms with Crippen LogP contribution < -0.4 is 0 Å². The Bertz CT molecular complexity index is 826. The second-order valence-electron chi connectivity index (χ2n) is 7.84. The molecule has 0 aliphatic heterocycles. The molecule has 0 heterocycles. The first-order chi connectivity index (χ1) is 11.0. The topological polar surface area (TPSA) is 0 Å². The van der Waals surface area contributed by atoms with Crippen LogP contribution in [0.1, 0.15) is 49.4 Å². The fourth-order valence-electron chi connectivity index (χ4n) is 4.03. The zero-order valence-corrected chi connectivity index (χ0v) is 14.3. The van der Waals surface area contributed by atoms with E-state index in [0.29, 0.717) is 0 Å². The fourth-order valence-corrected chi connectivity index (χ4v) is 4.03. The maximum absolute atomic E-state index is 2.37. The van der Waals surface area contributed by atoms with Crippen molar-refractivity contribution in [2.45, 2.75) is 45.4 Å². The molecule has 4 rings (SSSR count). The summed E-state index contributed by atoms with van der Waals surface area (Å²) in [4.78, 5) is 0. The van der Waals surface area contributed by atoms with Crippen LogP contribution in [0.5, 0.6) is 0 Å². The zero-order chi connectivity index (χ0) is 16.0. The summed E-state index contributed by atoms with van der Waals surface area (Å²) in [5.74, 6) is 0. The molecule has 2 aromatic rings. The Morgan fingerprint density at radius 1 is 0.957 bits per heavy atom. The molecule has 0 unspecified atom stereocenters.